The monoisotopic (exact) mass is 424 g/mol. The maximum atomic E-state index is 13.2. The maximum absolute atomic E-state index is 13.2. The van der Waals surface area contributed by atoms with Gasteiger partial charge in [0.1, 0.15) is 30.1 Å². The lowest BCUT2D eigenvalue weighted by Gasteiger charge is -2.37. The molecule has 0 saturated carbocycles. The van der Waals surface area contributed by atoms with Gasteiger partial charge < -0.3 is 24.9 Å². The second kappa shape index (κ2) is 7.31. The number of methoxy groups -OCH3 is 1. The Kier molecular flexibility index (Phi) is 4.89. The largest absolute Gasteiger partial charge is 0.507 e. The number of fused-ring (bicyclic) bond motifs is 3. The number of aldehydes is 1. The van der Waals surface area contributed by atoms with Crippen LogP contribution in [-0.2, 0) is 22.4 Å². The topological polar surface area (TPSA) is 138 Å². The van der Waals surface area contributed by atoms with E-state index in [9.17, 15) is 34.5 Å². The lowest BCUT2D eigenvalue weighted by Crippen LogP contribution is -2.39. The number of phenolic OH excluding ortho intramolecular Hbond substituents is 2. The van der Waals surface area contributed by atoms with Crippen molar-refractivity contribution in [3.05, 3.63) is 51.6 Å². The van der Waals surface area contributed by atoms with Crippen molar-refractivity contribution in [2.75, 3.05) is 13.7 Å². The van der Waals surface area contributed by atoms with Crippen LogP contribution in [0.1, 0.15) is 55.8 Å². The minimum absolute atomic E-state index is 0.0127. The van der Waals surface area contributed by atoms with Gasteiger partial charge in [-0.05, 0) is 25.3 Å². The van der Waals surface area contributed by atoms with Gasteiger partial charge in [0.15, 0.2) is 11.6 Å². The van der Waals surface area contributed by atoms with Crippen LogP contribution in [0, 0.1) is 5.41 Å². The van der Waals surface area contributed by atoms with Crippen LogP contribution in [0.25, 0.3) is 0 Å². The van der Waals surface area contributed by atoms with Crippen LogP contribution in [0.3, 0.4) is 0 Å². The Hall–Kier alpha value is -3.52. The molecule has 1 atom stereocenters. The van der Waals surface area contributed by atoms with Crippen LogP contribution >= 0.6 is 0 Å². The van der Waals surface area contributed by atoms with Crippen molar-refractivity contribution in [3.63, 3.8) is 0 Å². The van der Waals surface area contributed by atoms with E-state index in [4.69, 9.17) is 4.74 Å². The number of ether oxygens (including phenoxy) is 1. The van der Waals surface area contributed by atoms with Crippen LogP contribution in [0.5, 0.6) is 17.2 Å². The van der Waals surface area contributed by atoms with Gasteiger partial charge in [0.25, 0.3) is 0 Å². The smallest absolute Gasteiger partial charge is 0.202 e. The van der Waals surface area contributed by atoms with Gasteiger partial charge in [-0.1, -0.05) is 12.1 Å². The first-order valence-electron chi connectivity index (χ1n) is 9.75. The number of benzene rings is 2. The van der Waals surface area contributed by atoms with Crippen LogP contribution < -0.4 is 4.74 Å². The summed E-state index contributed by atoms with van der Waals surface area (Å²) in [5.74, 6) is -2.59. The zero-order valence-corrected chi connectivity index (χ0v) is 16.7. The van der Waals surface area contributed by atoms with Gasteiger partial charge in [-0.2, -0.15) is 0 Å². The van der Waals surface area contributed by atoms with Crippen LogP contribution in [0.4, 0.5) is 0 Å². The van der Waals surface area contributed by atoms with Crippen molar-refractivity contribution in [1.29, 1.82) is 0 Å². The molecule has 0 fully saturated rings. The summed E-state index contributed by atoms with van der Waals surface area (Å²) in [6.07, 6.45) is 0.495. The Morgan fingerprint density at radius 2 is 1.77 bits per heavy atom. The Bertz CT molecular complexity index is 1160. The lowest BCUT2D eigenvalue weighted by atomic mass is 9.65. The van der Waals surface area contributed by atoms with Crippen molar-refractivity contribution in [2.45, 2.75) is 25.7 Å². The molecular weight excluding hydrogens is 404 g/mol. The molecule has 0 bridgehead atoms. The SMILES string of the molecule is COc1cccc2c1C(=O)c1c(O)c3c(c(O)c1C2=O)CC(CC=O)(C(=O)CO)CC3. The summed E-state index contributed by atoms with van der Waals surface area (Å²) in [6, 6.07) is 4.50. The predicted octanol–water partition coefficient (Wildman–Crippen LogP) is 1.51. The second-order valence-corrected chi connectivity index (χ2v) is 7.85. The molecule has 0 amide bonds. The first-order chi connectivity index (χ1) is 14.8. The van der Waals surface area contributed by atoms with E-state index in [1.54, 1.807) is 0 Å². The van der Waals surface area contributed by atoms with Crippen LogP contribution in [0.2, 0.25) is 0 Å². The summed E-state index contributed by atoms with van der Waals surface area (Å²) in [5.41, 5.74) is -1.44. The summed E-state index contributed by atoms with van der Waals surface area (Å²) in [5, 5.41) is 31.4. The minimum atomic E-state index is -1.25. The Labute approximate surface area is 177 Å². The van der Waals surface area contributed by atoms with Gasteiger partial charge in [-0.3, -0.25) is 14.4 Å². The molecule has 0 spiro atoms. The van der Waals surface area contributed by atoms with Crippen molar-refractivity contribution < 1.29 is 39.2 Å². The van der Waals surface area contributed by atoms with Gasteiger partial charge in [0, 0.05) is 28.5 Å². The number of phenols is 2. The van der Waals surface area contributed by atoms with Crippen molar-refractivity contribution in [3.8, 4) is 17.2 Å². The van der Waals surface area contributed by atoms with E-state index >= 15 is 0 Å². The minimum Gasteiger partial charge on any atom is -0.507 e. The molecule has 0 aliphatic heterocycles. The number of aliphatic hydroxyl groups is 1. The number of Topliss-reactive ketones (excluding diaryl/α,β-unsaturated/α-hetero) is 1. The third-order valence-corrected chi connectivity index (χ3v) is 6.41. The number of aromatic hydroxyl groups is 2. The molecule has 0 saturated heterocycles. The lowest BCUT2D eigenvalue weighted by molar-refractivity contribution is -0.134. The molecule has 0 radical (unpaired) electrons. The molecule has 2 aromatic rings. The van der Waals surface area contributed by atoms with E-state index in [-0.39, 0.29) is 64.8 Å². The van der Waals surface area contributed by atoms with Gasteiger partial charge in [0.05, 0.1) is 23.8 Å². The van der Waals surface area contributed by atoms with Crippen LogP contribution in [-0.4, -0.2) is 52.7 Å². The number of aliphatic hydroxyl groups excluding tert-OH is 1. The molecule has 160 valence electrons. The van der Waals surface area contributed by atoms with E-state index in [0.717, 1.165) is 0 Å². The van der Waals surface area contributed by atoms with Gasteiger partial charge >= 0.3 is 0 Å². The molecule has 2 aliphatic rings. The fraction of sp³-hybridized carbons (Fsp3) is 0.304. The third-order valence-electron chi connectivity index (χ3n) is 6.41. The first kappa shape index (κ1) is 20.7. The Morgan fingerprint density at radius 1 is 1.10 bits per heavy atom. The quantitative estimate of drug-likeness (QED) is 0.414. The second-order valence-electron chi connectivity index (χ2n) is 7.85. The number of hydrogen-bond acceptors (Lipinski definition) is 8. The number of hydrogen-bond donors (Lipinski definition) is 3. The molecule has 2 aromatic carbocycles. The molecule has 8 heteroatoms. The zero-order chi connectivity index (χ0) is 22.5. The molecule has 2 aliphatic carbocycles. The Morgan fingerprint density at radius 3 is 2.42 bits per heavy atom. The maximum Gasteiger partial charge on any atom is 0.202 e. The molecular formula is C23H20O8. The fourth-order valence-corrected chi connectivity index (χ4v) is 4.75. The van der Waals surface area contributed by atoms with Crippen LogP contribution in [0.15, 0.2) is 18.2 Å². The highest BCUT2D eigenvalue weighted by atomic mass is 16.5. The van der Waals surface area contributed by atoms with Crippen molar-refractivity contribution >= 4 is 23.6 Å². The molecule has 0 aromatic heterocycles. The predicted molar refractivity (Wildman–Crippen MR) is 107 cm³/mol. The standard InChI is InChI=1S/C23H20O8/c1-31-14-4-2-3-12-16(14)22(30)18-17(20(12)28)21(29)13-9-23(7-8-24,15(26)10-25)6-5-11(13)19(18)27/h2-4,8,25,27,29H,5-7,9-10H2,1H3. The summed E-state index contributed by atoms with van der Waals surface area (Å²) in [6.45, 7) is -0.772. The highest BCUT2D eigenvalue weighted by Crippen LogP contribution is 2.50. The van der Waals surface area contributed by atoms with E-state index in [2.05, 4.69) is 0 Å². The van der Waals surface area contributed by atoms with Crippen molar-refractivity contribution in [2.24, 2.45) is 5.41 Å². The zero-order valence-electron chi connectivity index (χ0n) is 16.7. The Balaban J connectivity index is 1.96. The number of carbonyl (C=O) groups is 4. The highest BCUT2D eigenvalue weighted by molar-refractivity contribution is 6.31. The number of carbonyl (C=O) groups excluding carboxylic acids is 4. The number of rotatable bonds is 5. The number of ketones is 3. The molecule has 3 N–H and O–H groups in total. The molecule has 1 unspecified atom stereocenters. The molecule has 0 heterocycles. The van der Waals surface area contributed by atoms with E-state index in [1.165, 1.54) is 25.3 Å². The molecule has 8 nitrogen and oxygen atoms in total. The third kappa shape index (κ3) is 2.79. The van der Waals surface area contributed by atoms with Gasteiger partial charge in [-0.15, -0.1) is 0 Å². The van der Waals surface area contributed by atoms with E-state index in [1.807, 2.05) is 0 Å². The summed E-state index contributed by atoms with van der Waals surface area (Å²) < 4.78 is 5.21. The summed E-state index contributed by atoms with van der Waals surface area (Å²) in [7, 11) is 1.36. The average molecular weight is 424 g/mol. The first-order valence-corrected chi connectivity index (χ1v) is 9.75. The summed E-state index contributed by atoms with van der Waals surface area (Å²) >= 11 is 0. The van der Waals surface area contributed by atoms with Gasteiger partial charge in [0.2, 0.25) is 5.78 Å². The highest BCUT2D eigenvalue weighted by Gasteiger charge is 2.45. The fourth-order valence-electron chi connectivity index (χ4n) is 4.75. The summed E-state index contributed by atoms with van der Waals surface area (Å²) in [4.78, 5) is 50.1. The normalized spacial score (nSPS) is 19.3. The average Bonchev–Trinajstić information content (AvgIpc) is 2.78. The van der Waals surface area contributed by atoms with Crippen molar-refractivity contribution in [1.82, 2.24) is 0 Å². The van der Waals surface area contributed by atoms with E-state index < -0.39 is 40.9 Å². The van der Waals surface area contributed by atoms with E-state index in [0.29, 0.717) is 6.29 Å². The van der Waals surface area contributed by atoms with Gasteiger partial charge in [-0.25, -0.2) is 0 Å². The molecule has 4 rings (SSSR count). The molecule has 31 heavy (non-hydrogen) atoms.